The number of quaternary nitrogens is 1. The summed E-state index contributed by atoms with van der Waals surface area (Å²) in [5.74, 6) is -1.98. The fourth-order valence-corrected chi connectivity index (χ4v) is 10.3. The highest BCUT2D eigenvalue weighted by Crippen LogP contribution is 2.19. The van der Waals surface area contributed by atoms with Gasteiger partial charge in [0.2, 0.25) is 0 Å². The van der Waals surface area contributed by atoms with Gasteiger partial charge in [-0.15, -0.1) is 0 Å². The summed E-state index contributed by atoms with van der Waals surface area (Å²) in [6.45, 7) is 4.92. The van der Waals surface area contributed by atoms with Crippen molar-refractivity contribution in [1.82, 2.24) is 0 Å². The number of carboxylic acids is 1. The van der Waals surface area contributed by atoms with Gasteiger partial charge in [-0.2, -0.15) is 0 Å². The molecule has 0 rings (SSSR count). The smallest absolute Gasteiger partial charge is 0.361 e. The number of carboxylic acid groups (broad SMARTS) is 1. The lowest BCUT2D eigenvalue weighted by Gasteiger charge is -2.25. The molecular weight excluding hydrogens is 995 g/mol. The van der Waals surface area contributed by atoms with Gasteiger partial charge in [-0.3, -0.25) is 9.59 Å². The van der Waals surface area contributed by atoms with E-state index in [1.165, 1.54) is 263 Å². The zero-order valence-electron chi connectivity index (χ0n) is 53.8. The number of unbranched alkanes of at least 4 members (excludes halogenated alkanes) is 44. The largest absolute Gasteiger partial charge is 0.477 e. The van der Waals surface area contributed by atoms with Crippen LogP contribution in [0.15, 0.2) is 36.5 Å². The van der Waals surface area contributed by atoms with Crippen LogP contribution in [0.1, 0.15) is 341 Å². The van der Waals surface area contributed by atoms with Crippen LogP contribution in [0.2, 0.25) is 0 Å². The molecule has 9 nitrogen and oxygen atoms in total. The second-order valence-electron chi connectivity index (χ2n) is 24.8. The zero-order chi connectivity index (χ0) is 58.3. The van der Waals surface area contributed by atoms with E-state index in [0.29, 0.717) is 17.4 Å². The molecule has 0 saturated carbocycles. The topological polar surface area (TPSA) is 108 Å². The predicted molar refractivity (Wildman–Crippen MR) is 341 cm³/mol. The summed E-state index contributed by atoms with van der Waals surface area (Å²) < 4.78 is 22.9. The highest BCUT2D eigenvalue weighted by molar-refractivity contribution is 5.71. The van der Waals surface area contributed by atoms with E-state index >= 15 is 0 Å². The molecule has 0 aliphatic rings. The van der Waals surface area contributed by atoms with Gasteiger partial charge >= 0.3 is 17.9 Å². The molecule has 0 amide bonds. The van der Waals surface area contributed by atoms with E-state index in [4.69, 9.17) is 18.9 Å². The fraction of sp³-hybridized carbons (Fsp3) is 0.873. The maximum Gasteiger partial charge on any atom is 0.361 e. The Kier molecular flexibility index (Phi) is 60.6. The van der Waals surface area contributed by atoms with Crippen LogP contribution < -0.4 is 0 Å². The molecule has 0 heterocycles. The molecule has 0 bridgehead atoms. The van der Waals surface area contributed by atoms with E-state index < -0.39 is 18.4 Å². The maximum atomic E-state index is 12.9. The van der Waals surface area contributed by atoms with Gasteiger partial charge in [-0.1, -0.05) is 314 Å². The van der Waals surface area contributed by atoms with Gasteiger partial charge in [0.05, 0.1) is 34.4 Å². The molecule has 470 valence electrons. The van der Waals surface area contributed by atoms with Crippen LogP contribution in [0, 0.1) is 0 Å². The molecule has 0 aliphatic heterocycles. The van der Waals surface area contributed by atoms with Crippen LogP contribution in [0.25, 0.3) is 0 Å². The minimum Gasteiger partial charge on any atom is -0.477 e. The summed E-state index contributed by atoms with van der Waals surface area (Å²) in [6, 6.07) is 0. The standard InChI is InChI=1S/C71H133NO8/c1-6-8-10-12-14-16-18-20-22-23-24-25-26-27-28-29-30-31-32-33-34-35-36-37-38-39-40-41-42-43-44-45-46-47-48-50-52-54-56-58-60-62-69(74)80-67(66-79-71(70(75)76)77-64-63-72(3,4)5)65-78-68(73)61-59-57-55-53-51-49-21-19-17-15-13-11-9-7-2/h18,20,23-24,26-27,67,71H,6-17,19,21-22,25,28-66H2,1-5H3/p+1/b20-18-,24-23-,27-26-. The Balaban J connectivity index is 3.89. The first-order valence-corrected chi connectivity index (χ1v) is 34.7. The normalized spacial score (nSPS) is 12.9. The number of carbonyl (C=O) groups is 3. The number of esters is 2. The number of allylic oxidation sites excluding steroid dienone is 6. The van der Waals surface area contributed by atoms with Gasteiger partial charge < -0.3 is 28.5 Å². The minimum atomic E-state index is -1.51. The van der Waals surface area contributed by atoms with Gasteiger partial charge in [0.1, 0.15) is 13.2 Å². The van der Waals surface area contributed by atoms with Crippen LogP contribution in [-0.2, 0) is 33.3 Å². The molecule has 1 N–H and O–H groups in total. The summed E-state index contributed by atoms with van der Waals surface area (Å²) in [5.41, 5.74) is 0. The average Bonchev–Trinajstić information content (AvgIpc) is 3.43. The van der Waals surface area contributed by atoms with E-state index in [1.54, 1.807) is 0 Å². The van der Waals surface area contributed by atoms with Crippen molar-refractivity contribution >= 4 is 17.9 Å². The van der Waals surface area contributed by atoms with Crippen LogP contribution >= 0.6 is 0 Å². The van der Waals surface area contributed by atoms with E-state index in [-0.39, 0.29) is 38.2 Å². The van der Waals surface area contributed by atoms with Crippen molar-refractivity contribution in [2.45, 2.75) is 354 Å². The molecular formula is C71H134NO8+. The molecule has 2 atom stereocenters. The summed E-state index contributed by atoms with van der Waals surface area (Å²) in [4.78, 5) is 37.5. The average molecular weight is 1130 g/mol. The zero-order valence-corrected chi connectivity index (χ0v) is 53.8. The third kappa shape index (κ3) is 63.1. The summed E-state index contributed by atoms with van der Waals surface area (Å²) in [5, 5.41) is 9.71. The van der Waals surface area contributed by atoms with Gasteiger partial charge in [0.15, 0.2) is 6.10 Å². The highest BCUT2D eigenvalue weighted by atomic mass is 16.7. The molecule has 80 heavy (non-hydrogen) atoms. The van der Waals surface area contributed by atoms with Gasteiger partial charge in [0.25, 0.3) is 6.29 Å². The molecule has 0 spiro atoms. The first-order chi connectivity index (χ1) is 39.1. The summed E-state index contributed by atoms with van der Waals surface area (Å²) in [6.07, 6.45) is 75.7. The number of carbonyl (C=O) groups excluding carboxylic acids is 2. The lowest BCUT2D eigenvalue weighted by Crippen LogP contribution is -2.40. The number of likely N-dealkylation sites (N-methyl/N-ethyl adjacent to an activating group) is 1. The van der Waals surface area contributed by atoms with Crippen molar-refractivity contribution in [3.05, 3.63) is 36.5 Å². The SMILES string of the molecule is CCCCCCC/C=C\C/C=C\C/C=C\CCCCCCCCCCCCCCCCCCCCCCCCCCCCC(=O)OC(COC(=O)CCCCCCCCCCCCCCCC)COC(OCC[N+](C)(C)C)C(=O)O. The van der Waals surface area contributed by atoms with Crippen molar-refractivity contribution in [1.29, 1.82) is 0 Å². The monoisotopic (exact) mass is 1130 g/mol. The molecule has 0 radical (unpaired) electrons. The van der Waals surface area contributed by atoms with Crippen LogP contribution in [0.5, 0.6) is 0 Å². The summed E-state index contributed by atoms with van der Waals surface area (Å²) >= 11 is 0. The number of hydrogen-bond donors (Lipinski definition) is 1. The van der Waals surface area contributed by atoms with Crippen molar-refractivity contribution in [3.63, 3.8) is 0 Å². The minimum absolute atomic E-state index is 0.175. The fourth-order valence-electron chi connectivity index (χ4n) is 10.3. The third-order valence-electron chi connectivity index (χ3n) is 15.6. The number of ether oxygens (including phenoxy) is 4. The van der Waals surface area contributed by atoms with Crippen LogP contribution in [0.4, 0.5) is 0 Å². The van der Waals surface area contributed by atoms with Gasteiger partial charge in [-0.05, 0) is 51.4 Å². The molecule has 0 aromatic carbocycles. The molecule has 2 unspecified atom stereocenters. The molecule has 0 fully saturated rings. The predicted octanol–water partition coefficient (Wildman–Crippen LogP) is 21.2. The van der Waals surface area contributed by atoms with Gasteiger partial charge in [0, 0.05) is 12.8 Å². The van der Waals surface area contributed by atoms with Gasteiger partial charge in [-0.25, -0.2) is 4.79 Å². The highest BCUT2D eigenvalue weighted by Gasteiger charge is 2.25. The maximum absolute atomic E-state index is 12.9. The lowest BCUT2D eigenvalue weighted by molar-refractivity contribution is -0.870. The Labute approximate surface area is 496 Å². The Morgan fingerprint density at radius 3 is 1.00 bits per heavy atom. The first kappa shape index (κ1) is 77.5. The number of rotatable bonds is 65. The van der Waals surface area contributed by atoms with Crippen LogP contribution in [-0.4, -0.2) is 87.4 Å². The first-order valence-electron chi connectivity index (χ1n) is 34.7. The Morgan fingerprint density at radius 2 is 0.675 bits per heavy atom. The third-order valence-corrected chi connectivity index (χ3v) is 15.6. The van der Waals surface area contributed by atoms with Crippen molar-refractivity contribution in [2.75, 3.05) is 47.5 Å². The van der Waals surface area contributed by atoms with E-state index in [9.17, 15) is 19.5 Å². The summed E-state index contributed by atoms with van der Waals surface area (Å²) in [7, 11) is 5.98. The second kappa shape index (κ2) is 62.6. The Hall–Kier alpha value is -2.49. The number of hydrogen-bond acceptors (Lipinski definition) is 7. The van der Waals surface area contributed by atoms with E-state index in [1.807, 2.05) is 21.1 Å². The molecule has 0 aromatic heterocycles. The molecule has 0 aliphatic carbocycles. The van der Waals surface area contributed by atoms with E-state index in [2.05, 4.69) is 50.3 Å². The lowest BCUT2D eigenvalue weighted by atomic mass is 10.0. The Bertz CT molecular complexity index is 1410. The van der Waals surface area contributed by atoms with Crippen molar-refractivity contribution < 1.29 is 42.9 Å². The van der Waals surface area contributed by atoms with Crippen molar-refractivity contribution in [3.8, 4) is 0 Å². The second-order valence-corrected chi connectivity index (χ2v) is 24.8. The molecule has 0 saturated heterocycles. The van der Waals surface area contributed by atoms with Crippen molar-refractivity contribution in [2.24, 2.45) is 0 Å². The number of nitrogens with zero attached hydrogens (tertiary/aromatic N) is 1. The molecule has 9 heteroatoms. The molecule has 0 aromatic rings. The number of aliphatic carboxylic acids is 1. The quantitative estimate of drug-likeness (QED) is 0.0211. The van der Waals surface area contributed by atoms with E-state index in [0.717, 1.165) is 51.4 Å². The van der Waals surface area contributed by atoms with Crippen LogP contribution in [0.3, 0.4) is 0 Å². The Morgan fingerprint density at radius 1 is 0.375 bits per heavy atom.